The molecule has 0 bridgehead atoms. The van der Waals surface area contributed by atoms with E-state index in [4.69, 9.17) is 21.1 Å². The molecule has 2 aromatic rings. The third kappa shape index (κ3) is 2.65. The number of hydrogen-bond donors (Lipinski definition) is 0. The highest BCUT2D eigenvalue weighted by Crippen LogP contribution is 2.44. The standard InChI is InChI=1S/C17H16BrClO2/c1-10(11-3-5-12(20-2)6-4-11)14-9-15(18)13-7-8-21-17(13)16(14)19/h3-6,9-10H,7-8H2,1-2H3. The van der Waals surface area contributed by atoms with Gasteiger partial charge in [0.25, 0.3) is 0 Å². The van der Waals surface area contributed by atoms with Gasteiger partial charge in [0.1, 0.15) is 11.5 Å². The Morgan fingerprint density at radius 3 is 2.67 bits per heavy atom. The number of benzene rings is 2. The van der Waals surface area contributed by atoms with Crippen molar-refractivity contribution in [3.63, 3.8) is 0 Å². The van der Waals surface area contributed by atoms with Crippen LogP contribution in [-0.4, -0.2) is 13.7 Å². The minimum absolute atomic E-state index is 0.189. The molecule has 0 amide bonds. The first kappa shape index (κ1) is 14.7. The van der Waals surface area contributed by atoms with Crippen LogP contribution in [0.3, 0.4) is 0 Å². The second-order valence-corrected chi connectivity index (χ2v) is 6.39. The topological polar surface area (TPSA) is 18.5 Å². The van der Waals surface area contributed by atoms with Crippen LogP contribution in [0.4, 0.5) is 0 Å². The molecule has 0 saturated carbocycles. The van der Waals surface area contributed by atoms with Crippen LogP contribution in [0.5, 0.6) is 11.5 Å². The molecule has 0 radical (unpaired) electrons. The van der Waals surface area contributed by atoms with E-state index in [0.29, 0.717) is 6.61 Å². The summed E-state index contributed by atoms with van der Waals surface area (Å²) in [6.07, 6.45) is 0.910. The molecule has 1 heterocycles. The average molecular weight is 368 g/mol. The Balaban J connectivity index is 2.01. The van der Waals surface area contributed by atoms with Crippen molar-refractivity contribution in [1.29, 1.82) is 0 Å². The normalized spacial score (nSPS) is 14.5. The van der Waals surface area contributed by atoms with E-state index in [1.165, 1.54) is 11.1 Å². The lowest BCUT2D eigenvalue weighted by molar-refractivity contribution is 0.356. The number of fused-ring (bicyclic) bond motifs is 1. The monoisotopic (exact) mass is 366 g/mol. The van der Waals surface area contributed by atoms with Gasteiger partial charge in [0.2, 0.25) is 0 Å². The maximum absolute atomic E-state index is 6.56. The number of ether oxygens (including phenoxy) is 2. The molecule has 0 saturated heterocycles. The fraction of sp³-hybridized carbons (Fsp3) is 0.294. The van der Waals surface area contributed by atoms with Crippen molar-refractivity contribution in [2.45, 2.75) is 19.3 Å². The van der Waals surface area contributed by atoms with E-state index in [1.807, 2.05) is 12.1 Å². The van der Waals surface area contributed by atoms with Gasteiger partial charge in [0.05, 0.1) is 18.7 Å². The van der Waals surface area contributed by atoms with Gasteiger partial charge in [-0.15, -0.1) is 0 Å². The molecule has 110 valence electrons. The van der Waals surface area contributed by atoms with Crippen LogP contribution in [-0.2, 0) is 6.42 Å². The van der Waals surface area contributed by atoms with Crippen LogP contribution >= 0.6 is 27.5 Å². The van der Waals surface area contributed by atoms with E-state index in [-0.39, 0.29) is 5.92 Å². The first-order chi connectivity index (χ1) is 10.1. The number of methoxy groups -OCH3 is 1. The second kappa shape index (κ2) is 5.90. The molecule has 3 rings (SSSR count). The maximum atomic E-state index is 6.56. The van der Waals surface area contributed by atoms with Crippen LogP contribution < -0.4 is 9.47 Å². The van der Waals surface area contributed by atoms with E-state index >= 15 is 0 Å². The summed E-state index contributed by atoms with van der Waals surface area (Å²) >= 11 is 10.2. The zero-order valence-corrected chi connectivity index (χ0v) is 14.3. The smallest absolute Gasteiger partial charge is 0.142 e. The van der Waals surface area contributed by atoms with Crippen molar-refractivity contribution < 1.29 is 9.47 Å². The van der Waals surface area contributed by atoms with Gasteiger partial charge in [-0.25, -0.2) is 0 Å². The molecular formula is C17H16BrClO2. The molecule has 0 aliphatic carbocycles. The molecule has 2 aromatic carbocycles. The van der Waals surface area contributed by atoms with Gasteiger partial charge in [-0.3, -0.25) is 0 Å². The van der Waals surface area contributed by atoms with Gasteiger partial charge in [-0.1, -0.05) is 46.6 Å². The Bertz CT molecular complexity index is 667. The zero-order valence-electron chi connectivity index (χ0n) is 12.0. The fourth-order valence-corrected chi connectivity index (χ4v) is 3.70. The zero-order chi connectivity index (χ0) is 15.0. The highest BCUT2D eigenvalue weighted by atomic mass is 79.9. The summed E-state index contributed by atoms with van der Waals surface area (Å²) in [4.78, 5) is 0. The highest BCUT2D eigenvalue weighted by Gasteiger charge is 2.24. The van der Waals surface area contributed by atoms with Crippen LogP contribution in [0.25, 0.3) is 0 Å². The summed E-state index contributed by atoms with van der Waals surface area (Å²) < 4.78 is 12.0. The number of halogens is 2. The van der Waals surface area contributed by atoms with Gasteiger partial charge >= 0.3 is 0 Å². The van der Waals surface area contributed by atoms with Gasteiger partial charge < -0.3 is 9.47 Å². The SMILES string of the molecule is COc1ccc(C(C)c2cc(Br)c3c(c2Cl)OCC3)cc1. The van der Waals surface area contributed by atoms with Crippen molar-refractivity contribution >= 4 is 27.5 Å². The molecule has 2 nitrogen and oxygen atoms in total. The summed E-state index contributed by atoms with van der Waals surface area (Å²) in [5.41, 5.74) is 3.45. The van der Waals surface area contributed by atoms with Gasteiger partial charge in [0.15, 0.2) is 0 Å². The highest BCUT2D eigenvalue weighted by molar-refractivity contribution is 9.10. The average Bonchev–Trinajstić information content (AvgIpc) is 3.01. The Morgan fingerprint density at radius 1 is 1.29 bits per heavy atom. The molecule has 1 aliphatic heterocycles. The van der Waals surface area contributed by atoms with Crippen molar-refractivity contribution in [3.05, 3.63) is 56.5 Å². The van der Waals surface area contributed by atoms with Crippen LogP contribution in [0.15, 0.2) is 34.8 Å². The minimum Gasteiger partial charge on any atom is -0.497 e. The molecule has 0 spiro atoms. The Hall–Kier alpha value is -1.19. The predicted octanol–water partition coefficient (Wildman–Crippen LogP) is 5.20. The van der Waals surface area contributed by atoms with E-state index in [1.54, 1.807) is 7.11 Å². The largest absolute Gasteiger partial charge is 0.497 e. The molecule has 0 fully saturated rings. The molecule has 0 aromatic heterocycles. The molecule has 21 heavy (non-hydrogen) atoms. The Kier molecular flexibility index (Phi) is 4.14. The van der Waals surface area contributed by atoms with E-state index in [0.717, 1.165) is 33.0 Å². The summed E-state index contributed by atoms with van der Waals surface area (Å²) in [5.74, 6) is 1.88. The van der Waals surface area contributed by atoms with Crippen LogP contribution in [0, 0.1) is 0 Å². The molecule has 4 heteroatoms. The van der Waals surface area contributed by atoms with Crippen molar-refractivity contribution in [2.24, 2.45) is 0 Å². The van der Waals surface area contributed by atoms with E-state index < -0.39 is 0 Å². The lowest BCUT2D eigenvalue weighted by Crippen LogP contribution is -1.99. The summed E-state index contributed by atoms with van der Waals surface area (Å²) in [6.45, 7) is 2.85. The molecule has 1 unspecified atom stereocenters. The van der Waals surface area contributed by atoms with Crippen LogP contribution in [0.2, 0.25) is 5.02 Å². The Labute approximate surface area is 138 Å². The number of hydrogen-bond acceptors (Lipinski definition) is 2. The first-order valence-electron chi connectivity index (χ1n) is 6.89. The summed E-state index contributed by atoms with van der Waals surface area (Å²) in [5, 5.41) is 0.731. The fourth-order valence-electron chi connectivity index (χ4n) is 2.68. The number of rotatable bonds is 3. The first-order valence-corrected chi connectivity index (χ1v) is 8.06. The summed E-state index contributed by atoms with van der Waals surface area (Å²) in [6, 6.07) is 10.2. The van der Waals surface area contributed by atoms with Crippen molar-refractivity contribution in [3.8, 4) is 11.5 Å². The molecule has 1 aliphatic rings. The minimum atomic E-state index is 0.189. The maximum Gasteiger partial charge on any atom is 0.142 e. The third-order valence-electron chi connectivity index (χ3n) is 3.98. The lowest BCUT2D eigenvalue weighted by Gasteiger charge is -2.17. The third-order valence-corrected chi connectivity index (χ3v) is 5.08. The van der Waals surface area contributed by atoms with E-state index in [2.05, 4.69) is 41.1 Å². The van der Waals surface area contributed by atoms with Gasteiger partial charge in [-0.05, 0) is 29.3 Å². The Morgan fingerprint density at radius 2 is 2.00 bits per heavy atom. The van der Waals surface area contributed by atoms with Crippen LogP contribution in [0.1, 0.15) is 29.5 Å². The lowest BCUT2D eigenvalue weighted by atomic mass is 9.92. The summed E-state index contributed by atoms with van der Waals surface area (Å²) in [7, 11) is 1.67. The van der Waals surface area contributed by atoms with Crippen molar-refractivity contribution in [1.82, 2.24) is 0 Å². The van der Waals surface area contributed by atoms with Crippen molar-refractivity contribution in [2.75, 3.05) is 13.7 Å². The second-order valence-electron chi connectivity index (χ2n) is 5.16. The quantitative estimate of drug-likeness (QED) is 0.742. The van der Waals surface area contributed by atoms with Gasteiger partial charge in [0, 0.05) is 22.4 Å². The molecule has 1 atom stereocenters. The van der Waals surface area contributed by atoms with Gasteiger partial charge in [-0.2, -0.15) is 0 Å². The predicted molar refractivity (Wildman–Crippen MR) is 88.9 cm³/mol. The molecule has 0 N–H and O–H groups in total. The molecular weight excluding hydrogens is 352 g/mol. The van der Waals surface area contributed by atoms with E-state index in [9.17, 15) is 0 Å².